The van der Waals surface area contributed by atoms with Gasteiger partial charge in [0.05, 0.1) is 0 Å². The first-order valence-corrected chi connectivity index (χ1v) is 6.61. The highest BCUT2D eigenvalue weighted by Gasteiger charge is 2.11. The van der Waals surface area contributed by atoms with Gasteiger partial charge in [-0.15, -0.1) is 0 Å². The van der Waals surface area contributed by atoms with Gasteiger partial charge in [0.1, 0.15) is 0 Å². The maximum absolute atomic E-state index is 13.2. The van der Waals surface area contributed by atoms with E-state index in [-0.39, 0.29) is 6.04 Å². The van der Waals surface area contributed by atoms with Gasteiger partial charge in [-0.05, 0) is 48.2 Å². The number of nitrogens with two attached hydrogens (primary N) is 1. The number of benzene rings is 2. The van der Waals surface area contributed by atoms with Crippen LogP contribution in [-0.2, 0) is 12.8 Å². The Hall–Kier alpha value is -1.49. The van der Waals surface area contributed by atoms with Gasteiger partial charge in [-0.2, -0.15) is 0 Å². The van der Waals surface area contributed by atoms with Gasteiger partial charge in [0.15, 0.2) is 11.6 Å². The van der Waals surface area contributed by atoms with Crippen molar-refractivity contribution in [2.75, 3.05) is 0 Å². The lowest BCUT2D eigenvalue weighted by atomic mass is 9.99. The van der Waals surface area contributed by atoms with Crippen LogP contribution in [-0.4, -0.2) is 6.04 Å². The molecule has 0 aliphatic carbocycles. The molecule has 2 aromatic carbocycles. The van der Waals surface area contributed by atoms with Crippen LogP contribution in [0.5, 0.6) is 0 Å². The van der Waals surface area contributed by atoms with Gasteiger partial charge in [0.2, 0.25) is 0 Å². The van der Waals surface area contributed by atoms with Crippen molar-refractivity contribution in [2.45, 2.75) is 18.9 Å². The summed E-state index contributed by atoms with van der Waals surface area (Å²) in [5.41, 5.74) is 4.46. The monoisotopic (exact) mass is 296 g/mol. The molecule has 0 aromatic heterocycles. The summed E-state index contributed by atoms with van der Waals surface area (Å²) >= 11 is 5.83. The first kappa shape index (κ1) is 14.9. The molecule has 2 aromatic rings. The molecular formula is C15H15ClF2N2. The number of halogens is 3. The number of hydrazine groups is 1. The van der Waals surface area contributed by atoms with Crippen molar-refractivity contribution in [3.63, 3.8) is 0 Å². The van der Waals surface area contributed by atoms with Gasteiger partial charge in [-0.3, -0.25) is 11.3 Å². The first-order chi connectivity index (χ1) is 9.58. The van der Waals surface area contributed by atoms with E-state index in [1.165, 1.54) is 6.07 Å². The Labute approximate surface area is 121 Å². The lowest BCUT2D eigenvalue weighted by Crippen LogP contribution is -2.38. The summed E-state index contributed by atoms with van der Waals surface area (Å²) in [6.45, 7) is 0. The molecule has 0 heterocycles. The Bertz CT molecular complexity index is 573. The molecule has 2 nitrogen and oxygen atoms in total. The molecule has 0 saturated carbocycles. The zero-order chi connectivity index (χ0) is 14.5. The van der Waals surface area contributed by atoms with E-state index in [2.05, 4.69) is 5.43 Å². The highest BCUT2D eigenvalue weighted by Crippen LogP contribution is 2.14. The zero-order valence-corrected chi connectivity index (χ0v) is 11.5. The molecule has 0 aliphatic rings. The maximum atomic E-state index is 13.2. The minimum Gasteiger partial charge on any atom is -0.271 e. The van der Waals surface area contributed by atoms with E-state index in [4.69, 9.17) is 17.4 Å². The van der Waals surface area contributed by atoms with E-state index in [1.807, 2.05) is 24.3 Å². The van der Waals surface area contributed by atoms with E-state index >= 15 is 0 Å². The molecule has 0 fully saturated rings. The third-order valence-electron chi connectivity index (χ3n) is 3.10. The van der Waals surface area contributed by atoms with Crippen molar-refractivity contribution >= 4 is 11.6 Å². The average molecular weight is 297 g/mol. The van der Waals surface area contributed by atoms with E-state index < -0.39 is 11.6 Å². The van der Waals surface area contributed by atoms with Crippen LogP contribution in [0.1, 0.15) is 11.1 Å². The number of nitrogens with one attached hydrogen (secondary N) is 1. The van der Waals surface area contributed by atoms with Crippen LogP contribution < -0.4 is 11.3 Å². The molecule has 20 heavy (non-hydrogen) atoms. The van der Waals surface area contributed by atoms with Crippen LogP contribution in [0.25, 0.3) is 0 Å². The second-order valence-corrected chi connectivity index (χ2v) is 5.08. The normalized spacial score (nSPS) is 12.4. The van der Waals surface area contributed by atoms with Crippen molar-refractivity contribution in [2.24, 2.45) is 5.84 Å². The highest BCUT2D eigenvalue weighted by atomic mass is 35.5. The standard InChI is InChI=1S/C15H15ClF2N2/c16-12-4-1-10(2-5-12)7-13(20-19)8-11-3-6-14(17)15(18)9-11/h1-6,9,13,20H,7-8,19H2. The molecule has 0 aliphatic heterocycles. The molecule has 0 saturated heterocycles. The fraction of sp³-hybridized carbons (Fsp3) is 0.200. The second kappa shape index (κ2) is 6.79. The molecular weight excluding hydrogens is 282 g/mol. The smallest absolute Gasteiger partial charge is 0.159 e. The van der Waals surface area contributed by atoms with Crippen molar-refractivity contribution in [3.8, 4) is 0 Å². The topological polar surface area (TPSA) is 38.0 Å². The predicted octanol–water partition coefficient (Wildman–Crippen LogP) is 3.24. The number of rotatable bonds is 5. The summed E-state index contributed by atoms with van der Waals surface area (Å²) in [5, 5.41) is 0.673. The lowest BCUT2D eigenvalue weighted by molar-refractivity contribution is 0.498. The minimum absolute atomic E-state index is 0.0685. The number of hydrogen-bond acceptors (Lipinski definition) is 2. The van der Waals surface area contributed by atoms with Gasteiger partial charge < -0.3 is 0 Å². The van der Waals surface area contributed by atoms with Crippen LogP contribution in [0, 0.1) is 11.6 Å². The molecule has 5 heteroatoms. The molecule has 0 spiro atoms. The Balaban J connectivity index is 2.04. The van der Waals surface area contributed by atoms with E-state index in [0.717, 1.165) is 11.6 Å². The summed E-state index contributed by atoms with van der Waals surface area (Å²) in [6.07, 6.45) is 1.18. The van der Waals surface area contributed by atoms with Crippen LogP contribution >= 0.6 is 11.6 Å². The lowest BCUT2D eigenvalue weighted by Gasteiger charge is -2.16. The third kappa shape index (κ3) is 4.00. The Kier molecular flexibility index (Phi) is 5.06. The fourth-order valence-corrected chi connectivity index (χ4v) is 2.17. The van der Waals surface area contributed by atoms with E-state index in [0.29, 0.717) is 23.4 Å². The van der Waals surface area contributed by atoms with Gasteiger partial charge >= 0.3 is 0 Å². The van der Waals surface area contributed by atoms with Gasteiger partial charge in [0, 0.05) is 11.1 Å². The summed E-state index contributed by atoms with van der Waals surface area (Å²) in [4.78, 5) is 0. The zero-order valence-electron chi connectivity index (χ0n) is 10.7. The fourth-order valence-electron chi connectivity index (χ4n) is 2.05. The van der Waals surface area contributed by atoms with Crippen LogP contribution in [0.15, 0.2) is 42.5 Å². The van der Waals surface area contributed by atoms with Crippen molar-refractivity contribution < 1.29 is 8.78 Å². The summed E-state index contributed by atoms with van der Waals surface area (Å²) in [5.74, 6) is 3.84. The summed E-state index contributed by atoms with van der Waals surface area (Å²) in [6, 6.07) is 11.3. The number of hydrogen-bond donors (Lipinski definition) is 2. The predicted molar refractivity (Wildman–Crippen MR) is 76.3 cm³/mol. The molecule has 1 atom stereocenters. The largest absolute Gasteiger partial charge is 0.271 e. The minimum atomic E-state index is -0.844. The molecule has 106 valence electrons. The maximum Gasteiger partial charge on any atom is 0.159 e. The summed E-state index contributed by atoms with van der Waals surface area (Å²) < 4.78 is 26.0. The molecule has 3 N–H and O–H groups in total. The molecule has 1 unspecified atom stereocenters. The van der Waals surface area contributed by atoms with Crippen molar-refractivity contribution in [1.82, 2.24) is 5.43 Å². The molecule has 0 radical (unpaired) electrons. The Morgan fingerprint density at radius 1 is 0.950 bits per heavy atom. The SMILES string of the molecule is NNC(Cc1ccc(Cl)cc1)Cc1ccc(F)c(F)c1. The van der Waals surface area contributed by atoms with Crippen LogP contribution in [0.2, 0.25) is 5.02 Å². The quantitative estimate of drug-likeness (QED) is 0.657. The third-order valence-corrected chi connectivity index (χ3v) is 3.35. The highest BCUT2D eigenvalue weighted by molar-refractivity contribution is 6.30. The summed E-state index contributed by atoms with van der Waals surface area (Å²) in [7, 11) is 0. The van der Waals surface area contributed by atoms with Crippen molar-refractivity contribution in [3.05, 3.63) is 70.2 Å². The Morgan fingerprint density at radius 3 is 2.15 bits per heavy atom. The second-order valence-electron chi connectivity index (χ2n) is 4.65. The first-order valence-electron chi connectivity index (χ1n) is 6.23. The van der Waals surface area contributed by atoms with Gasteiger partial charge in [0.25, 0.3) is 0 Å². The van der Waals surface area contributed by atoms with Gasteiger partial charge in [-0.1, -0.05) is 29.8 Å². The van der Waals surface area contributed by atoms with Crippen LogP contribution in [0.3, 0.4) is 0 Å². The van der Waals surface area contributed by atoms with E-state index in [9.17, 15) is 8.78 Å². The Morgan fingerprint density at radius 2 is 1.55 bits per heavy atom. The average Bonchev–Trinajstić information content (AvgIpc) is 2.44. The van der Waals surface area contributed by atoms with Crippen LogP contribution in [0.4, 0.5) is 8.78 Å². The van der Waals surface area contributed by atoms with Crippen molar-refractivity contribution in [1.29, 1.82) is 0 Å². The van der Waals surface area contributed by atoms with Gasteiger partial charge in [-0.25, -0.2) is 8.78 Å². The van der Waals surface area contributed by atoms with E-state index in [1.54, 1.807) is 6.07 Å². The molecule has 2 rings (SSSR count). The molecule has 0 amide bonds. The molecule has 0 bridgehead atoms.